The lowest BCUT2D eigenvalue weighted by Gasteiger charge is -1.98. The van der Waals surface area contributed by atoms with Crippen molar-refractivity contribution in [3.63, 3.8) is 0 Å². The Morgan fingerprint density at radius 1 is 1.47 bits per heavy atom. The number of thiophene rings is 1. The molecule has 5 heteroatoms. The zero-order valence-electron chi connectivity index (χ0n) is 7.39. The third-order valence-electron chi connectivity index (χ3n) is 2.06. The summed E-state index contributed by atoms with van der Waals surface area (Å²) in [4.78, 5) is 10.9. The number of nitriles is 1. The lowest BCUT2D eigenvalue weighted by Crippen LogP contribution is -1.95. The number of phenols is 1. The number of carbonyl (C=O) groups is 1. The number of benzene rings is 1. The molecule has 2 rings (SSSR count). The molecule has 74 valence electrons. The molecule has 0 aliphatic heterocycles. The Morgan fingerprint density at radius 3 is 2.80 bits per heavy atom. The van der Waals surface area contributed by atoms with Gasteiger partial charge in [0.15, 0.2) is 0 Å². The highest BCUT2D eigenvalue weighted by atomic mass is 32.1. The minimum absolute atomic E-state index is 0.0196. The van der Waals surface area contributed by atoms with E-state index in [1.807, 2.05) is 6.07 Å². The van der Waals surface area contributed by atoms with Crippen molar-refractivity contribution in [2.45, 2.75) is 0 Å². The van der Waals surface area contributed by atoms with Gasteiger partial charge in [-0.2, -0.15) is 5.26 Å². The van der Waals surface area contributed by atoms with Crippen molar-refractivity contribution in [3.05, 3.63) is 28.6 Å². The number of nitrogens with zero attached hydrogens (tertiary/aromatic N) is 1. The largest absolute Gasteiger partial charge is 0.507 e. The summed E-state index contributed by atoms with van der Waals surface area (Å²) in [5.74, 6) is -1.28. The molecule has 0 radical (unpaired) electrons. The average Bonchev–Trinajstić information content (AvgIpc) is 2.61. The number of phenolic OH excluding ortho intramolecular Hbond substituents is 1. The van der Waals surface area contributed by atoms with Crippen molar-refractivity contribution in [1.29, 1.82) is 5.26 Å². The quantitative estimate of drug-likeness (QED) is 0.770. The molecule has 1 heterocycles. The van der Waals surface area contributed by atoms with Crippen LogP contribution in [0.2, 0.25) is 0 Å². The Hall–Kier alpha value is -2.06. The van der Waals surface area contributed by atoms with Crippen LogP contribution in [0.15, 0.2) is 17.5 Å². The molecular weight excluding hydrogens is 214 g/mol. The first-order chi connectivity index (χ1) is 7.15. The average molecular weight is 219 g/mol. The molecule has 0 saturated heterocycles. The summed E-state index contributed by atoms with van der Waals surface area (Å²) >= 11 is 1.24. The van der Waals surface area contributed by atoms with Gasteiger partial charge in [0.25, 0.3) is 0 Å². The summed E-state index contributed by atoms with van der Waals surface area (Å²) in [6.45, 7) is 0. The van der Waals surface area contributed by atoms with Crippen LogP contribution in [0.5, 0.6) is 5.75 Å². The lowest BCUT2D eigenvalue weighted by molar-refractivity contribution is 0.0699. The molecule has 0 aliphatic rings. The normalized spacial score (nSPS) is 10.1. The van der Waals surface area contributed by atoms with E-state index in [4.69, 9.17) is 10.4 Å². The number of carboxylic acid groups (broad SMARTS) is 1. The molecule has 15 heavy (non-hydrogen) atoms. The van der Waals surface area contributed by atoms with Gasteiger partial charge in [0.1, 0.15) is 17.4 Å². The SMILES string of the molecule is N#Cc1c(O)ccc2scc(C(=O)O)c12. The van der Waals surface area contributed by atoms with Gasteiger partial charge in [0.05, 0.1) is 5.56 Å². The molecular formula is C10H5NO3S. The zero-order valence-corrected chi connectivity index (χ0v) is 8.21. The van der Waals surface area contributed by atoms with Gasteiger partial charge in [-0.05, 0) is 12.1 Å². The van der Waals surface area contributed by atoms with E-state index in [1.54, 1.807) is 6.07 Å². The molecule has 2 aromatic rings. The maximum absolute atomic E-state index is 10.9. The number of fused-ring (bicyclic) bond motifs is 1. The number of aromatic hydroxyl groups is 1. The van der Waals surface area contributed by atoms with Crippen LogP contribution in [0, 0.1) is 11.3 Å². The number of hydrogen-bond acceptors (Lipinski definition) is 4. The predicted molar refractivity (Wildman–Crippen MR) is 55.2 cm³/mol. The smallest absolute Gasteiger partial charge is 0.337 e. The summed E-state index contributed by atoms with van der Waals surface area (Å²) in [5, 5.41) is 28.9. The predicted octanol–water partition coefficient (Wildman–Crippen LogP) is 2.18. The van der Waals surface area contributed by atoms with Gasteiger partial charge in [-0.3, -0.25) is 0 Å². The van der Waals surface area contributed by atoms with Gasteiger partial charge in [0, 0.05) is 15.5 Å². The Morgan fingerprint density at radius 2 is 2.20 bits per heavy atom. The van der Waals surface area contributed by atoms with Crippen LogP contribution >= 0.6 is 11.3 Å². The molecule has 0 atom stereocenters. The highest BCUT2D eigenvalue weighted by Crippen LogP contribution is 2.33. The molecule has 0 aliphatic carbocycles. The Kier molecular flexibility index (Phi) is 2.06. The van der Waals surface area contributed by atoms with E-state index >= 15 is 0 Å². The fourth-order valence-corrected chi connectivity index (χ4v) is 2.33. The van der Waals surface area contributed by atoms with Crippen molar-refractivity contribution < 1.29 is 15.0 Å². The van der Waals surface area contributed by atoms with Gasteiger partial charge in [-0.25, -0.2) is 4.79 Å². The van der Waals surface area contributed by atoms with Crippen LogP contribution in [-0.2, 0) is 0 Å². The second-order valence-electron chi connectivity index (χ2n) is 2.90. The van der Waals surface area contributed by atoms with Crippen molar-refractivity contribution >= 4 is 27.4 Å². The van der Waals surface area contributed by atoms with E-state index in [0.717, 1.165) is 0 Å². The fraction of sp³-hybridized carbons (Fsp3) is 0. The van der Waals surface area contributed by atoms with Crippen molar-refractivity contribution in [2.24, 2.45) is 0 Å². The van der Waals surface area contributed by atoms with E-state index in [9.17, 15) is 9.90 Å². The van der Waals surface area contributed by atoms with Crippen LogP contribution in [-0.4, -0.2) is 16.2 Å². The lowest BCUT2D eigenvalue weighted by atomic mass is 10.1. The van der Waals surface area contributed by atoms with E-state index in [-0.39, 0.29) is 16.9 Å². The summed E-state index contributed by atoms with van der Waals surface area (Å²) in [7, 11) is 0. The van der Waals surface area contributed by atoms with Crippen molar-refractivity contribution in [1.82, 2.24) is 0 Å². The second-order valence-corrected chi connectivity index (χ2v) is 3.81. The minimum atomic E-state index is -1.09. The van der Waals surface area contributed by atoms with Crippen LogP contribution in [0.3, 0.4) is 0 Å². The monoisotopic (exact) mass is 219 g/mol. The Labute approximate surface area is 88.6 Å². The van der Waals surface area contributed by atoms with Crippen LogP contribution in [0.4, 0.5) is 0 Å². The molecule has 1 aromatic heterocycles. The molecule has 0 fully saturated rings. The van der Waals surface area contributed by atoms with E-state index < -0.39 is 5.97 Å². The summed E-state index contributed by atoms with van der Waals surface area (Å²) in [5.41, 5.74) is 0.0774. The topological polar surface area (TPSA) is 81.3 Å². The highest BCUT2D eigenvalue weighted by molar-refractivity contribution is 7.17. The number of rotatable bonds is 1. The summed E-state index contributed by atoms with van der Waals surface area (Å²) in [6, 6.07) is 4.80. The van der Waals surface area contributed by atoms with Gasteiger partial charge in [0.2, 0.25) is 0 Å². The minimum Gasteiger partial charge on any atom is -0.507 e. The number of aromatic carboxylic acids is 1. The van der Waals surface area contributed by atoms with Gasteiger partial charge < -0.3 is 10.2 Å². The second kappa shape index (κ2) is 3.26. The first kappa shape index (κ1) is 9.49. The maximum atomic E-state index is 10.9. The molecule has 0 saturated carbocycles. The maximum Gasteiger partial charge on any atom is 0.337 e. The standard InChI is InChI=1S/C10H5NO3S/c11-3-5-7(12)1-2-8-9(5)6(4-15-8)10(13)14/h1-2,4,12H,(H,13,14). The Bertz CT molecular complexity index is 594. The molecule has 4 nitrogen and oxygen atoms in total. The molecule has 0 unspecified atom stereocenters. The van der Waals surface area contributed by atoms with E-state index in [1.165, 1.54) is 22.8 Å². The first-order valence-corrected chi connectivity index (χ1v) is 4.89. The third kappa shape index (κ3) is 1.32. The first-order valence-electron chi connectivity index (χ1n) is 4.01. The van der Waals surface area contributed by atoms with Gasteiger partial charge in [-0.1, -0.05) is 0 Å². The summed E-state index contributed by atoms with van der Waals surface area (Å²) in [6.07, 6.45) is 0. The molecule has 1 aromatic carbocycles. The van der Waals surface area contributed by atoms with Crippen LogP contribution < -0.4 is 0 Å². The summed E-state index contributed by atoms with van der Waals surface area (Å²) < 4.78 is 0.682. The highest BCUT2D eigenvalue weighted by Gasteiger charge is 2.16. The molecule has 0 amide bonds. The molecule has 0 bridgehead atoms. The van der Waals surface area contributed by atoms with Crippen molar-refractivity contribution in [2.75, 3.05) is 0 Å². The third-order valence-corrected chi connectivity index (χ3v) is 3.01. The van der Waals surface area contributed by atoms with Crippen LogP contribution in [0.25, 0.3) is 10.1 Å². The zero-order chi connectivity index (χ0) is 11.0. The number of hydrogen-bond donors (Lipinski definition) is 2. The molecule has 2 N–H and O–H groups in total. The van der Waals surface area contributed by atoms with Gasteiger partial charge >= 0.3 is 5.97 Å². The van der Waals surface area contributed by atoms with Crippen molar-refractivity contribution in [3.8, 4) is 11.8 Å². The number of carboxylic acids is 1. The Balaban J connectivity index is 2.94. The van der Waals surface area contributed by atoms with Gasteiger partial charge in [-0.15, -0.1) is 11.3 Å². The molecule has 0 spiro atoms. The fourth-order valence-electron chi connectivity index (χ4n) is 1.39. The van der Waals surface area contributed by atoms with Crippen LogP contribution in [0.1, 0.15) is 15.9 Å². The van der Waals surface area contributed by atoms with E-state index in [2.05, 4.69) is 0 Å². The van der Waals surface area contributed by atoms with E-state index in [0.29, 0.717) is 10.1 Å².